The number of rotatable bonds is 2. The second kappa shape index (κ2) is 6.37. The van der Waals surface area contributed by atoms with Gasteiger partial charge in [-0.1, -0.05) is 45.9 Å². The zero-order valence-electron chi connectivity index (χ0n) is 17.2. The van der Waals surface area contributed by atoms with E-state index in [4.69, 9.17) is 4.74 Å². The molecule has 0 saturated carbocycles. The molecule has 0 bridgehead atoms. The number of nitrogens with zero attached hydrogens (tertiary/aromatic N) is 1. The number of para-hydroxylation sites is 1. The van der Waals surface area contributed by atoms with Crippen molar-refractivity contribution in [3.63, 3.8) is 0 Å². The number of hydrogen-bond acceptors (Lipinski definition) is 5. The molecule has 0 radical (unpaired) electrons. The van der Waals surface area contributed by atoms with Crippen LogP contribution in [0.5, 0.6) is 0 Å². The molecule has 1 aliphatic heterocycles. The molecule has 6 nitrogen and oxygen atoms in total. The molecule has 0 amide bonds. The third-order valence-electron chi connectivity index (χ3n) is 6.04. The van der Waals surface area contributed by atoms with Crippen molar-refractivity contribution >= 4 is 17.3 Å². The van der Waals surface area contributed by atoms with Crippen molar-refractivity contribution in [2.45, 2.75) is 59.3 Å². The normalized spacial score (nSPS) is 25.3. The smallest absolute Gasteiger partial charge is 0.273 e. The zero-order valence-corrected chi connectivity index (χ0v) is 17.2. The number of Topliss-reactive ketones (excluding diaryl/α,β-unsaturated/α-hetero) is 2. The maximum Gasteiger partial charge on any atom is 0.273 e. The summed E-state index contributed by atoms with van der Waals surface area (Å²) in [6.07, 6.45) is 1.79. The Morgan fingerprint density at radius 1 is 0.966 bits per heavy atom. The van der Waals surface area contributed by atoms with Gasteiger partial charge < -0.3 is 4.74 Å². The lowest BCUT2D eigenvalue weighted by molar-refractivity contribution is -0.385. The molecule has 0 N–H and O–H groups in total. The van der Waals surface area contributed by atoms with Gasteiger partial charge in [0, 0.05) is 42.4 Å². The van der Waals surface area contributed by atoms with Crippen molar-refractivity contribution < 1.29 is 19.2 Å². The van der Waals surface area contributed by atoms with E-state index in [0.717, 1.165) is 0 Å². The summed E-state index contributed by atoms with van der Waals surface area (Å²) in [5, 5.41) is 11.8. The van der Waals surface area contributed by atoms with Crippen molar-refractivity contribution in [1.82, 2.24) is 0 Å². The first-order valence-electron chi connectivity index (χ1n) is 9.93. The van der Waals surface area contributed by atoms with Gasteiger partial charge in [0.25, 0.3) is 5.69 Å². The van der Waals surface area contributed by atoms with Gasteiger partial charge >= 0.3 is 0 Å². The van der Waals surface area contributed by atoms with E-state index in [0.29, 0.717) is 48.2 Å². The van der Waals surface area contributed by atoms with E-state index in [9.17, 15) is 19.7 Å². The maximum absolute atomic E-state index is 13.2. The molecule has 2 aliphatic carbocycles. The molecule has 6 heteroatoms. The lowest BCUT2D eigenvalue weighted by Gasteiger charge is -2.42. The molecule has 4 rings (SSSR count). The molecule has 29 heavy (non-hydrogen) atoms. The number of nitro groups is 1. The van der Waals surface area contributed by atoms with Crippen LogP contribution in [0.3, 0.4) is 0 Å². The fourth-order valence-corrected chi connectivity index (χ4v) is 4.94. The topological polar surface area (TPSA) is 86.5 Å². The Hall–Kier alpha value is -2.76. The summed E-state index contributed by atoms with van der Waals surface area (Å²) >= 11 is 0. The van der Waals surface area contributed by atoms with Crippen LogP contribution in [0.1, 0.15) is 64.9 Å². The number of nitro benzene ring substituents is 1. The average molecular weight is 395 g/mol. The Morgan fingerprint density at radius 3 is 2.28 bits per heavy atom. The number of allylic oxidation sites excluding steroid dienone is 4. The number of ether oxygens (including phenoxy) is 1. The number of benzene rings is 1. The van der Waals surface area contributed by atoms with Crippen LogP contribution in [-0.4, -0.2) is 16.5 Å². The third kappa shape index (κ3) is 3.30. The average Bonchev–Trinajstić information content (AvgIpc) is 2.59. The Kier molecular flexibility index (Phi) is 4.30. The molecule has 3 aliphatic rings. The number of ketones is 2. The van der Waals surface area contributed by atoms with Gasteiger partial charge in [0.05, 0.1) is 4.92 Å². The van der Waals surface area contributed by atoms with E-state index in [2.05, 4.69) is 0 Å². The predicted molar refractivity (Wildman–Crippen MR) is 107 cm³/mol. The van der Waals surface area contributed by atoms with Crippen LogP contribution >= 0.6 is 0 Å². The molecule has 0 spiro atoms. The molecular formula is C23H25NO5. The van der Waals surface area contributed by atoms with Gasteiger partial charge in [-0.15, -0.1) is 0 Å². The summed E-state index contributed by atoms with van der Waals surface area (Å²) < 4.78 is 6.08. The standard InChI is InChI=1S/C23H25NO5/c1-22(2)9-14-19(13-7-5-6-8-15(13)24(27)28)20-16(25)10-23(3,4)12-18(20)29-21(14)17(26)11-22/h5-8,19H,9-12H2,1-4H3. The van der Waals surface area contributed by atoms with Crippen LogP contribution in [-0.2, 0) is 14.3 Å². The van der Waals surface area contributed by atoms with Gasteiger partial charge in [-0.25, -0.2) is 0 Å². The number of carbonyl (C=O) groups excluding carboxylic acids is 2. The molecule has 1 aromatic rings. The van der Waals surface area contributed by atoms with E-state index in [1.807, 2.05) is 27.7 Å². The minimum Gasteiger partial charge on any atom is -0.458 e. The Balaban J connectivity index is 1.98. The minimum absolute atomic E-state index is 0.0356. The van der Waals surface area contributed by atoms with Crippen molar-refractivity contribution in [3.8, 4) is 0 Å². The summed E-state index contributed by atoms with van der Waals surface area (Å²) in [4.78, 5) is 37.5. The molecule has 1 unspecified atom stereocenters. The molecule has 0 aromatic heterocycles. The molecule has 0 fully saturated rings. The number of hydrogen-bond donors (Lipinski definition) is 0. The van der Waals surface area contributed by atoms with Crippen LogP contribution < -0.4 is 0 Å². The quantitative estimate of drug-likeness (QED) is 0.520. The van der Waals surface area contributed by atoms with Gasteiger partial charge in [-0.2, -0.15) is 0 Å². The van der Waals surface area contributed by atoms with Crippen LogP contribution in [0.4, 0.5) is 5.69 Å². The summed E-state index contributed by atoms with van der Waals surface area (Å²) in [6, 6.07) is 6.51. The highest BCUT2D eigenvalue weighted by Gasteiger charge is 2.48. The Labute approximate surface area is 169 Å². The predicted octanol–water partition coefficient (Wildman–Crippen LogP) is 5.00. The van der Waals surface area contributed by atoms with E-state index >= 15 is 0 Å². The van der Waals surface area contributed by atoms with Gasteiger partial charge in [-0.3, -0.25) is 19.7 Å². The first-order chi connectivity index (χ1) is 13.5. The first kappa shape index (κ1) is 19.6. The lowest BCUT2D eigenvalue weighted by atomic mass is 9.65. The summed E-state index contributed by atoms with van der Waals surface area (Å²) in [5.74, 6) is 0.0319. The van der Waals surface area contributed by atoms with E-state index in [-0.39, 0.29) is 33.8 Å². The van der Waals surface area contributed by atoms with Crippen LogP contribution in [0.2, 0.25) is 0 Å². The van der Waals surface area contributed by atoms with E-state index in [1.54, 1.807) is 18.2 Å². The second-order valence-electron chi connectivity index (χ2n) is 9.92. The molecule has 1 heterocycles. The highest BCUT2D eigenvalue weighted by molar-refractivity contribution is 6.03. The molecule has 1 aromatic carbocycles. The largest absolute Gasteiger partial charge is 0.458 e. The highest BCUT2D eigenvalue weighted by Crippen LogP contribution is 2.54. The third-order valence-corrected chi connectivity index (χ3v) is 6.04. The van der Waals surface area contributed by atoms with Gasteiger partial charge in [-0.05, 0) is 22.8 Å². The van der Waals surface area contributed by atoms with Crippen LogP contribution in [0.15, 0.2) is 46.9 Å². The molecule has 0 saturated heterocycles. The second-order valence-corrected chi connectivity index (χ2v) is 9.92. The highest BCUT2D eigenvalue weighted by atomic mass is 16.6. The fourth-order valence-electron chi connectivity index (χ4n) is 4.94. The summed E-state index contributed by atoms with van der Waals surface area (Å²) in [7, 11) is 0. The summed E-state index contributed by atoms with van der Waals surface area (Å²) in [6.45, 7) is 7.99. The van der Waals surface area contributed by atoms with Gasteiger partial charge in [0.1, 0.15) is 5.76 Å². The van der Waals surface area contributed by atoms with Crippen LogP contribution in [0, 0.1) is 20.9 Å². The van der Waals surface area contributed by atoms with Crippen molar-refractivity contribution in [2.24, 2.45) is 10.8 Å². The van der Waals surface area contributed by atoms with Gasteiger partial charge in [0.2, 0.25) is 0 Å². The molecule has 1 atom stereocenters. The van der Waals surface area contributed by atoms with Crippen molar-refractivity contribution in [1.29, 1.82) is 0 Å². The zero-order chi connectivity index (χ0) is 21.1. The lowest BCUT2D eigenvalue weighted by Crippen LogP contribution is -2.37. The molecular weight excluding hydrogens is 370 g/mol. The maximum atomic E-state index is 13.2. The first-order valence-corrected chi connectivity index (χ1v) is 9.93. The van der Waals surface area contributed by atoms with Crippen molar-refractivity contribution in [2.75, 3.05) is 0 Å². The van der Waals surface area contributed by atoms with Crippen molar-refractivity contribution in [3.05, 3.63) is 62.6 Å². The molecule has 152 valence electrons. The van der Waals surface area contributed by atoms with Crippen LogP contribution in [0.25, 0.3) is 0 Å². The fraction of sp³-hybridized carbons (Fsp3) is 0.478. The Bertz CT molecular complexity index is 1010. The summed E-state index contributed by atoms with van der Waals surface area (Å²) in [5.41, 5.74) is 1.04. The van der Waals surface area contributed by atoms with E-state index in [1.165, 1.54) is 6.07 Å². The SMILES string of the molecule is CC1(C)CC(=O)C2=C(C1)OC1=C(CC(C)(C)CC1=O)C2c1ccccc1[N+](=O)[O-]. The monoisotopic (exact) mass is 395 g/mol. The minimum atomic E-state index is -0.609. The Morgan fingerprint density at radius 2 is 1.59 bits per heavy atom. The van der Waals surface area contributed by atoms with Gasteiger partial charge in [0.15, 0.2) is 17.3 Å². The van der Waals surface area contributed by atoms with E-state index < -0.39 is 10.8 Å². The number of carbonyl (C=O) groups is 2.